The maximum absolute atomic E-state index is 5.86. The number of ether oxygens (including phenoxy) is 2. The second kappa shape index (κ2) is 5.83. The van der Waals surface area contributed by atoms with Gasteiger partial charge in [0.1, 0.15) is 6.10 Å². The molecule has 2 heteroatoms. The lowest BCUT2D eigenvalue weighted by Crippen LogP contribution is -2.03. The van der Waals surface area contributed by atoms with E-state index in [0.29, 0.717) is 6.61 Å². The summed E-state index contributed by atoms with van der Waals surface area (Å²) in [5, 5.41) is 0. The second-order valence-corrected chi connectivity index (χ2v) is 4.51. The van der Waals surface area contributed by atoms with E-state index in [1.54, 1.807) is 0 Å². The summed E-state index contributed by atoms with van der Waals surface area (Å²) in [5.41, 5.74) is 2.32. The molecule has 0 amide bonds. The molecule has 0 spiro atoms. The van der Waals surface area contributed by atoms with Gasteiger partial charge in [0.25, 0.3) is 0 Å². The van der Waals surface area contributed by atoms with Crippen molar-refractivity contribution in [3.8, 4) is 0 Å². The smallest absolute Gasteiger partial charge is 0.178 e. The maximum atomic E-state index is 5.86. The summed E-state index contributed by atoms with van der Waals surface area (Å²) in [6, 6.07) is 20.3. The van der Waals surface area contributed by atoms with Crippen LogP contribution in [0, 0.1) is 0 Å². The fourth-order valence-electron chi connectivity index (χ4n) is 2.12. The van der Waals surface area contributed by atoms with Crippen LogP contribution >= 0.6 is 0 Å². The summed E-state index contributed by atoms with van der Waals surface area (Å²) in [4.78, 5) is 0. The molecule has 1 aliphatic rings. The zero-order chi connectivity index (χ0) is 12.9. The van der Waals surface area contributed by atoms with Crippen molar-refractivity contribution in [2.45, 2.75) is 12.4 Å². The molecule has 0 unspecified atom stereocenters. The first-order valence-corrected chi connectivity index (χ1v) is 6.47. The fourth-order valence-corrected chi connectivity index (χ4v) is 2.12. The molecule has 0 radical (unpaired) electrons. The third-order valence-corrected chi connectivity index (χ3v) is 3.13. The van der Waals surface area contributed by atoms with E-state index < -0.39 is 0 Å². The largest absolute Gasteiger partial charge is 0.346 e. The molecular weight excluding hydrogens is 236 g/mol. The van der Waals surface area contributed by atoms with Gasteiger partial charge in [-0.1, -0.05) is 66.7 Å². The SMILES string of the molecule is C(=C\[C@H]1OC[C@H](c2ccccc2)O1)/c1ccccc1. The Balaban J connectivity index is 1.62. The molecule has 2 nitrogen and oxygen atoms in total. The van der Waals surface area contributed by atoms with Gasteiger partial charge in [0.05, 0.1) is 6.61 Å². The summed E-state index contributed by atoms with van der Waals surface area (Å²) in [5.74, 6) is 0. The monoisotopic (exact) mass is 252 g/mol. The van der Waals surface area contributed by atoms with E-state index in [-0.39, 0.29) is 12.4 Å². The molecule has 0 N–H and O–H groups in total. The normalized spacial score (nSPS) is 22.9. The molecule has 2 atom stereocenters. The van der Waals surface area contributed by atoms with Crippen LogP contribution in [0.15, 0.2) is 66.7 Å². The van der Waals surface area contributed by atoms with E-state index in [4.69, 9.17) is 9.47 Å². The molecule has 1 heterocycles. The summed E-state index contributed by atoms with van der Waals surface area (Å²) in [6.07, 6.45) is 3.76. The van der Waals surface area contributed by atoms with Crippen LogP contribution in [-0.4, -0.2) is 12.9 Å². The fraction of sp³-hybridized carbons (Fsp3) is 0.176. The highest BCUT2D eigenvalue weighted by molar-refractivity contribution is 5.49. The van der Waals surface area contributed by atoms with Crippen LogP contribution in [0.3, 0.4) is 0 Å². The first-order valence-electron chi connectivity index (χ1n) is 6.47. The first-order chi connectivity index (χ1) is 9.42. The van der Waals surface area contributed by atoms with E-state index in [1.165, 1.54) is 0 Å². The third-order valence-electron chi connectivity index (χ3n) is 3.13. The van der Waals surface area contributed by atoms with Crippen LogP contribution in [0.5, 0.6) is 0 Å². The van der Waals surface area contributed by atoms with Crippen molar-refractivity contribution in [1.82, 2.24) is 0 Å². The van der Waals surface area contributed by atoms with E-state index in [1.807, 2.05) is 48.6 Å². The lowest BCUT2D eigenvalue weighted by molar-refractivity contribution is -0.0194. The molecule has 0 saturated carbocycles. The molecule has 2 aromatic rings. The van der Waals surface area contributed by atoms with Gasteiger partial charge in [-0.2, -0.15) is 0 Å². The Morgan fingerprint density at radius 1 is 0.895 bits per heavy atom. The van der Waals surface area contributed by atoms with Crippen LogP contribution < -0.4 is 0 Å². The van der Waals surface area contributed by atoms with Crippen molar-refractivity contribution < 1.29 is 9.47 Å². The minimum absolute atomic E-state index is 0.0339. The Morgan fingerprint density at radius 3 is 2.32 bits per heavy atom. The van der Waals surface area contributed by atoms with Gasteiger partial charge in [0, 0.05) is 0 Å². The van der Waals surface area contributed by atoms with Crippen molar-refractivity contribution >= 4 is 6.08 Å². The molecule has 19 heavy (non-hydrogen) atoms. The van der Waals surface area contributed by atoms with Gasteiger partial charge in [-0.25, -0.2) is 0 Å². The maximum Gasteiger partial charge on any atom is 0.178 e. The molecule has 1 saturated heterocycles. The molecule has 1 fully saturated rings. The lowest BCUT2D eigenvalue weighted by Gasteiger charge is -2.08. The number of hydrogen-bond donors (Lipinski definition) is 0. The first kappa shape index (κ1) is 12.2. The van der Waals surface area contributed by atoms with E-state index in [2.05, 4.69) is 24.3 Å². The third kappa shape index (κ3) is 3.11. The summed E-state index contributed by atoms with van der Waals surface area (Å²) < 4.78 is 11.5. The molecule has 0 bridgehead atoms. The Hall–Kier alpha value is -1.90. The lowest BCUT2D eigenvalue weighted by atomic mass is 10.1. The minimum atomic E-state index is -0.259. The van der Waals surface area contributed by atoms with Gasteiger partial charge in [-0.05, 0) is 17.2 Å². The number of benzene rings is 2. The Bertz CT molecular complexity index is 534. The van der Waals surface area contributed by atoms with Crippen molar-refractivity contribution in [3.05, 3.63) is 77.9 Å². The molecule has 1 aliphatic heterocycles. The Morgan fingerprint density at radius 2 is 1.58 bits per heavy atom. The molecule has 0 aliphatic carbocycles. The predicted molar refractivity (Wildman–Crippen MR) is 75.5 cm³/mol. The van der Waals surface area contributed by atoms with Crippen LogP contribution in [0.2, 0.25) is 0 Å². The Kier molecular flexibility index (Phi) is 3.73. The standard InChI is InChI=1S/C17H16O2/c1-3-7-14(8-4-1)11-12-17-18-13-16(19-17)15-9-5-2-6-10-15/h1-12,16-17H,13H2/b12-11+/t16-,17+/m1/s1. The average molecular weight is 252 g/mol. The highest BCUT2D eigenvalue weighted by Gasteiger charge is 2.24. The number of rotatable bonds is 3. The van der Waals surface area contributed by atoms with Gasteiger partial charge in [0.2, 0.25) is 0 Å². The summed E-state index contributed by atoms with van der Waals surface area (Å²) in [6.45, 7) is 0.605. The highest BCUT2D eigenvalue weighted by Crippen LogP contribution is 2.26. The minimum Gasteiger partial charge on any atom is -0.346 e. The van der Waals surface area contributed by atoms with E-state index in [0.717, 1.165) is 11.1 Å². The quantitative estimate of drug-likeness (QED) is 0.827. The molecule has 3 rings (SSSR count). The Labute approximate surface area is 113 Å². The van der Waals surface area contributed by atoms with Gasteiger partial charge < -0.3 is 9.47 Å². The topological polar surface area (TPSA) is 18.5 Å². The molecular formula is C17H16O2. The summed E-state index contributed by atoms with van der Waals surface area (Å²) >= 11 is 0. The van der Waals surface area contributed by atoms with Gasteiger partial charge in [0.15, 0.2) is 6.29 Å². The zero-order valence-electron chi connectivity index (χ0n) is 10.6. The van der Waals surface area contributed by atoms with Gasteiger partial charge in [-0.3, -0.25) is 0 Å². The molecule has 0 aromatic heterocycles. The summed E-state index contributed by atoms with van der Waals surface area (Å²) in [7, 11) is 0. The predicted octanol–water partition coefficient (Wildman–Crippen LogP) is 3.81. The van der Waals surface area contributed by atoms with Crippen molar-refractivity contribution in [1.29, 1.82) is 0 Å². The zero-order valence-corrected chi connectivity index (χ0v) is 10.6. The molecule has 2 aromatic carbocycles. The highest BCUT2D eigenvalue weighted by atomic mass is 16.7. The van der Waals surface area contributed by atoms with Crippen molar-refractivity contribution in [3.63, 3.8) is 0 Å². The van der Waals surface area contributed by atoms with Gasteiger partial charge >= 0.3 is 0 Å². The van der Waals surface area contributed by atoms with Crippen LogP contribution in [0.4, 0.5) is 0 Å². The van der Waals surface area contributed by atoms with Crippen LogP contribution in [0.1, 0.15) is 17.2 Å². The molecule has 96 valence electrons. The van der Waals surface area contributed by atoms with Crippen LogP contribution in [0.25, 0.3) is 6.08 Å². The van der Waals surface area contributed by atoms with Gasteiger partial charge in [-0.15, -0.1) is 0 Å². The van der Waals surface area contributed by atoms with Crippen LogP contribution in [-0.2, 0) is 9.47 Å². The van der Waals surface area contributed by atoms with E-state index >= 15 is 0 Å². The van der Waals surface area contributed by atoms with Crippen molar-refractivity contribution in [2.75, 3.05) is 6.61 Å². The average Bonchev–Trinajstić information content (AvgIpc) is 2.96. The second-order valence-electron chi connectivity index (χ2n) is 4.51. The number of hydrogen-bond acceptors (Lipinski definition) is 2. The van der Waals surface area contributed by atoms with E-state index in [9.17, 15) is 0 Å². The van der Waals surface area contributed by atoms with Crippen molar-refractivity contribution in [2.24, 2.45) is 0 Å².